The monoisotopic (exact) mass is 235 g/mol. The van der Waals surface area contributed by atoms with Crippen LogP contribution in [0.5, 0.6) is 0 Å². The molecule has 0 aromatic carbocycles. The van der Waals surface area contributed by atoms with Gasteiger partial charge in [-0.15, -0.1) is 0 Å². The minimum atomic E-state index is 0.201. The molecule has 16 heavy (non-hydrogen) atoms. The number of nitrogens with one attached hydrogen (secondary N) is 1. The van der Waals surface area contributed by atoms with E-state index in [1.807, 2.05) is 0 Å². The normalized spacial score (nSPS) is 19.6. The zero-order valence-electron chi connectivity index (χ0n) is 9.32. The van der Waals surface area contributed by atoms with Crippen molar-refractivity contribution >= 4 is 17.2 Å². The number of carbonyl (C=O) groups is 1. The summed E-state index contributed by atoms with van der Waals surface area (Å²) in [5, 5.41) is 7.23. The van der Waals surface area contributed by atoms with Crippen LogP contribution in [-0.2, 0) is 11.2 Å². The fraction of sp³-hybridized carbons (Fsp3) is 0.462. The smallest absolute Gasteiger partial charge is 0.223 e. The van der Waals surface area contributed by atoms with Gasteiger partial charge in [-0.25, -0.2) is 0 Å². The van der Waals surface area contributed by atoms with E-state index in [-0.39, 0.29) is 11.8 Å². The highest BCUT2D eigenvalue weighted by Crippen LogP contribution is 2.17. The Hall–Kier alpha value is -1.09. The molecule has 1 atom stereocenters. The summed E-state index contributed by atoms with van der Waals surface area (Å²) in [4.78, 5) is 11.8. The first-order chi connectivity index (χ1) is 7.86. The minimum Gasteiger partial charge on any atom is -0.356 e. The van der Waals surface area contributed by atoms with Crippen LogP contribution in [0.15, 0.2) is 29.0 Å². The van der Waals surface area contributed by atoms with Gasteiger partial charge in [0.15, 0.2) is 0 Å². The molecule has 1 aliphatic rings. The second-order valence-corrected chi connectivity index (χ2v) is 4.93. The van der Waals surface area contributed by atoms with E-state index >= 15 is 0 Å². The SMILES string of the molecule is O=C(NCCc1ccsc1)[C@@H]1CC=CCC1. The summed E-state index contributed by atoms with van der Waals surface area (Å²) < 4.78 is 0. The predicted octanol–water partition coefficient (Wildman–Crippen LogP) is 2.76. The van der Waals surface area contributed by atoms with E-state index in [2.05, 4.69) is 34.3 Å². The second-order valence-electron chi connectivity index (χ2n) is 4.15. The molecule has 0 radical (unpaired) electrons. The number of hydrogen-bond donors (Lipinski definition) is 1. The molecule has 0 saturated heterocycles. The molecule has 0 spiro atoms. The Kier molecular flexibility index (Phi) is 4.17. The molecule has 0 saturated carbocycles. The number of thiophene rings is 1. The first kappa shape index (κ1) is 11.4. The highest BCUT2D eigenvalue weighted by molar-refractivity contribution is 7.07. The van der Waals surface area contributed by atoms with Crippen molar-refractivity contribution in [3.05, 3.63) is 34.5 Å². The molecule has 2 rings (SSSR count). The fourth-order valence-corrected chi connectivity index (χ4v) is 2.64. The average molecular weight is 235 g/mol. The first-order valence-electron chi connectivity index (χ1n) is 5.80. The summed E-state index contributed by atoms with van der Waals surface area (Å²) in [6, 6.07) is 2.11. The van der Waals surface area contributed by atoms with Crippen LogP contribution < -0.4 is 5.32 Å². The minimum absolute atomic E-state index is 0.201. The van der Waals surface area contributed by atoms with Crippen LogP contribution in [-0.4, -0.2) is 12.5 Å². The van der Waals surface area contributed by atoms with Crippen molar-refractivity contribution in [2.75, 3.05) is 6.54 Å². The first-order valence-corrected chi connectivity index (χ1v) is 6.74. The highest BCUT2D eigenvalue weighted by atomic mass is 32.1. The molecule has 1 aliphatic carbocycles. The number of rotatable bonds is 4. The molecule has 1 N–H and O–H groups in total. The molecule has 1 aromatic rings. The summed E-state index contributed by atoms with van der Waals surface area (Å²) in [6.07, 6.45) is 8.17. The van der Waals surface area contributed by atoms with Crippen molar-refractivity contribution in [2.24, 2.45) is 5.92 Å². The van der Waals surface area contributed by atoms with Crippen LogP contribution in [0.4, 0.5) is 0 Å². The maximum Gasteiger partial charge on any atom is 0.223 e. The van der Waals surface area contributed by atoms with Crippen LogP contribution in [0.2, 0.25) is 0 Å². The molecule has 0 unspecified atom stereocenters. The highest BCUT2D eigenvalue weighted by Gasteiger charge is 2.17. The van der Waals surface area contributed by atoms with E-state index in [9.17, 15) is 4.79 Å². The van der Waals surface area contributed by atoms with Gasteiger partial charge in [0.2, 0.25) is 5.91 Å². The van der Waals surface area contributed by atoms with E-state index < -0.39 is 0 Å². The van der Waals surface area contributed by atoms with Crippen molar-refractivity contribution in [1.29, 1.82) is 0 Å². The lowest BCUT2D eigenvalue weighted by molar-refractivity contribution is -0.125. The Morgan fingerprint density at radius 2 is 2.44 bits per heavy atom. The maximum atomic E-state index is 11.8. The summed E-state index contributed by atoms with van der Waals surface area (Å²) in [6.45, 7) is 0.760. The van der Waals surface area contributed by atoms with Crippen molar-refractivity contribution in [3.8, 4) is 0 Å². The molecular weight excluding hydrogens is 218 g/mol. The maximum absolute atomic E-state index is 11.8. The number of amides is 1. The van der Waals surface area contributed by atoms with Crippen LogP contribution in [0.1, 0.15) is 24.8 Å². The van der Waals surface area contributed by atoms with Crippen LogP contribution in [0.25, 0.3) is 0 Å². The third kappa shape index (κ3) is 3.20. The van der Waals surface area contributed by atoms with Gasteiger partial charge < -0.3 is 5.32 Å². The van der Waals surface area contributed by atoms with Gasteiger partial charge >= 0.3 is 0 Å². The van der Waals surface area contributed by atoms with Gasteiger partial charge in [0.25, 0.3) is 0 Å². The third-order valence-corrected chi connectivity index (χ3v) is 3.66. The average Bonchev–Trinajstić information content (AvgIpc) is 2.83. The van der Waals surface area contributed by atoms with E-state index in [1.54, 1.807) is 11.3 Å². The Labute approximate surface area is 100 Å². The van der Waals surface area contributed by atoms with Crippen molar-refractivity contribution < 1.29 is 4.79 Å². The van der Waals surface area contributed by atoms with Gasteiger partial charge in [-0.1, -0.05) is 12.2 Å². The van der Waals surface area contributed by atoms with Gasteiger partial charge in [-0.2, -0.15) is 11.3 Å². The zero-order valence-corrected chi connectivity index (χ0v) is 10.1. The van der Waals surface area contributed by atoms with E-state index in [4.69, 9.17) is 0 Å². The lowest BCUT2D eigenvalue weighted by Gasteiger charge is -2.16. The molecule has 1 amide bonds. The summed E-state index contributed by atoms with van der Waals surface area (Å²) >= 11 is 1.70. The second kappa shape index (κ2) is 5.85. The lowest BCUT2D eigenvalue weighted by atomic mass is 9.94. The number of carbonyl (C=O) groups excluding carboxylic acids is 1. The molecule has 0 aliphatic heterocycles. The molecular formula is C13H17NOS. The molecule has 0 fully saturated rings. The van der Waals surface area contributed by atoms with Crippen LogP contribution in [0, 0.1) is 5.92 Å². The van der Waals surface area contributed by atoms with Crippen LogP contribution >= 0.6 is 11.3 Å². The van der Waals surface area contributed by atoms with Gasteiger partial charge in [-0.3, -0.25) is 4.79 Å². The Bertz CT molecular complexity index is 356. The van der Waals surface area contributed by atoms with E-state index in [0.717, 1.165) is 32.2 Å². The molecule has 1 aromatic heterocycles. The molecule has 86 valence electrons. The summed E-state index contributed by atoms with van der Waals surface area (Å²) in [7, 11) is 0. The molecule has 2 nitrogen and oxygen atoms in total. The van der Waals surface area contributed by atoms with Gasteiger partial charge in [0, 0.05) is 12.5 Å². The van der Waals surface area contributed by atoms with Crippen LogP contribution in [0.3, 0.4) is 0 Å². The van der Waals surface area contributed by atoms with Crippen molar-refractivity contribution in [1.82, 2.24) is 5.32 Å². The Morgan fingerprint density at radius 1 is 1.50 bits per heavy atom. The largest absolute Gasteiger partial charge is 0.356 e. The Balaban J connectivity index is 1.69. The fourth-order valence-electron chi connectivity index (χ4n) is 1.94. The molecule has 1 heterocycles. The quantitative estimate of drug-likeness (QED) is 0.799. The van der Waals surface area contributed by atoms with E-state index in [1.165, 1.54) is 5.56 Å². The van der Waals surface area contributed by atoms with Gasteiger partial charge in [0.1, 0.15) is 0 Å². The predicted molar refractivity (Wildman–Crippen MR) is 67.5 cm³/mol. The summed E-state index contributed by atoms with van der Waals surface area (Å²) in [5.74, 6) is 0.423. The lowest BCUT2D eigenvalue weighted by Crippen LogP contribution is -2.32. The Morgan fingerprint density at radius 3 is 3.12 bits per heavy atom. The molecule has 3 heteroatoms. The van der Waals surface area contributed by atoms with Gasteiger partial charge in [-0.05, 0) is 48.1 Å². The van der Waals surface area contributed by atoms with Crippen molar-refractivity contribution in [2.45, 2.75) is 25.7 Å². The summed E-state index contributed by atoms with van der Waals surface area (Å²) in [5.41, 5.74) is 1.31. The third-order valence-electron chi connectivity index (χ3n) is 2.93. The number of hydrogen-bond acceptors (Lipinski definition) is 2. The van der Waals surface area contributed by atoms with Crippen molar-refractivity contribution in [3.63, 3.8) is 0 Å². The van der Waals surface area contributed by atoms with E-state index in [0.29, 0.717) is 0 Å². The zero-order chi connectivity index (χ0) is 11.2. The topological polar surface area (TPSA) is 29.1 Å². The number of allylic oxidation sites excluding steroid dienone is 2. The van der Waals surface area contributed by atoms with Gasteiger partial charge in [0.05, 0.1) is 0 Å². The molecule has 0 bridgehead atoms. The standard InChI is InChI=1S/C13H17NOS/c15-13(12-4-2-1-3-5-12)14-8-6-11-7-9-16-10-11/h1-2,7,9-10,12H,3-6,8H2,(H,14,15)/t12-/m1/s1.